The van der Waals surface area contributed by atoms with Gasteiger partial charge in [-0.3, -0.25) is 10.2 Å². The van der Waals surface area contributed by atoms with Gasteiger partial charge in [0.15, 0.2) is 5.11 Å². The molecule has 0 amide bonds. The maximum atomic E-state index is 13.0. The molecule has 0 fully saturated rings. The highest BCUT2D eigenvalue weighted by Gasteiger charge is 2.17. The molecule has 0 saturated carbocycles. The monoisotopic (exact) mass is 372 g/mol. The van der Waals surface area contributed by atoms with E-state index in [2.05, 4.69) is 22.7 Å². The third kappa shape index (κ3) is 3.72. The largest absolute Gasteiger partial charge is 0.361 e. The molecule has 3 aromatic rings. The van der Waals surface area contributed by atoms with Crippen molar-refractivity contribution in [3.05, 3.63) is 51.9 Å². The second-order valence-corrected chi connectivity index (χ2v) is 7.33. The summed E-state index contributed by atoms with van der Waals surface area (Å²) in [7, 11) is 0. The summed E-state index contributed by atoms with van der Waals surface area (Å²) in [6.45, 7) is 4.91. The molecule has 2 N–H and O–H groups in total. The van der Waals surface area contributed by atoms with E-state index in [9.17, 15) is 4.79 Å². The first-order valence-electron chi connectivity index (χ1n) is 8.23. The minimum absolute atomic E-state index is 0.146. The van der Waals surface area contributed by atoms with Gasteiger partial charge < -0.3 is 5.32 Å². The molecule has 0 saturated heterocycles. The highest BCUT2D eigenvalue weighted by atomic mass is 32.1. The van der Waals surface area contributed by atoms with Crippen molar-refractivity contribution in [1.82, 2.24) is 15.0 Å². The first-order chi connectivity index (χ1) is 12.1. The summed E-state index contributed by atoms with van der Waals surface area (Å²) in [5, 5.41) is 4.14. The fraction of sp³-hybridized carbons (Fsp3) is 0.278. The smallest absolute Gasteiger partial charge is 0.281 e. The van der Waals surface area contributed by atoms with Gasteiger partial charge in [0.05, 0.1) is 5.39 Å². The standard InChI is InChI=1S/C18H20N4OS2/c1-3-4-10-19-18(24)21-22-11-20-16-15(17(22)23)14(12(2)25-16)13-8-6-5-7-9-13/h5-9,11H,3-4,10H2,1-2H3,(H2,19,21,24). The van der Waals surface area contributed by atoms with Crippen LogP contribution in [-0.2, 0) is 0 Å². The molecule has 130 valence electrons. The zero-order valence-electron chi connectivity index (χ0n) is 14.2. The lowest BCUT2D eigenvalue weighted by molar-refractivity contribution is 0.750. The minimum Gasteiger partial charge on any atom is -0.361 e. The normalized spacial score (nSPS) is 10.8. The van der Waals surface area contributed by atoms with Crippen molar-refractivity contribution in [3.63, 3.8) is 0 Å². The Morgan fingerprint density at radius 1 is 1.32 bits per heavy atom. The molecule has 2 aromatic heterocycles. The Balaban J connectivity index is 1.99. The van der Waals surface area contributed by atoms with Crippen molar-refractivity contribution in [2.45, 2.75) is 26.7 Å². The molecule has 3 rings (SSSR count). The van der Waals surface area contributed by atoms with Gasteiger partial charge in [0.2, 0.25) is 0 Å². The zero-order valence-corrected chi connectivity index (χ0v) is 15.8. The van der Waals surface area contributed by atoms with Crippen LogP contribution in [0.5, 0.6) is 0 Å². The van der Waals surface area contributed by atoms with Gasteiger partial charge >= 0.3 is 0 Å². The Morgan fingerprint density at radius 3 is 2.80 bits per heavy atom. The van der Waals surface area contributed by atoms with E-state index in [1.165, 1.54) is 22.3 Å². The zero-order chi connectivity index (χ0) is 17.8. The van der Waals surface area contributed by atoms with Crippen LogP contribution >= 0.6 is 23.6 Å². The lowest BCUT2D eigenvalue weighted by atomic mass is 10.0. The number of aromatic nitrogens is 2. The molecular formula is C18H20N4OS2. The maximum absolute atomic E-state index is 13.0. The van der Waals surface area contributed by atoms with Crippen molar-refractivity contribution < 1.29 is 0 Å². The highest BCUT2D eigenvalue weighted by Crippen LogP contribution is 2.35. The Kier molecular flexibility index (Phi) is 5.45. The quantitative estimate of drug-likeness (QED) is 0.529. The van der Waals surface area contributed by atoms with Crippen LogP contribution in [-0.4, -0.2) is 21.3 Å². The number of unbranched alkanes of at least 4 members (excludes halogenated alkanes) is 1. The second-order valence-electron chi connectivity index (χ2n) is 5.72. The summed E-state index contributed by atoms with van der Waals surface area (Å²) in [6, 6.07) is 9.92. The van der Waals surface area contributed by atoms with Gasteiger partial charge in [-0.05, 0) is 31.1 Å². The lowest BCUT2D eigenvalue weighted by Gasteiger charge is -2.12. The van der Waals surface area contributed by atoms with Crippen LogP contribution in [0.2, 0.25) is 0 Å². The lowest BCUT2D eigenvalue weighted by Crippen LogP contribution is -2.39. The summed E-state index contributed by atoms with van der Waals surface area (Å²) in [4.78, 5) is 19.2. The number of rotatable bonds is 5. The third-order valence-electron chi connectivity index (χ3n) is 3.89. The van der Waals surface area contributed by atoms with E-state index in [-0.39, 0.29) is 5.56 Å². The van der Waals surface area contributed by atoms with Crippen molar-refractivity contribution in [1.29, 1.82) is 0 Å². The molecule has 0 radical (unpaired) electrons. The molecule has 25 heavy (non-hydrogen) atoms. The van der Waals surface area contributed by atoms with E-state index in [0.717, 1.165) is 40.2 Å². The SMILES string of the molecule is CCCCNC(=S)Nn1cnc2sc(C)c(-c3ccccc3)c2c1=O. The number of aryl methyl sites for hydroxylation is 1. The van der Waals surface area contributed by atoms with Crippen LogP contribution in [0.4, 0.5) is 0 Å². The molecular weight excluding hydrogens is 352 g/mol. The molecule has 2 heterocycles. The minimum atomic E-state index is -0.146. The van der Waals surface area contributed by atoms with E-state index in [1.54, 1.807) is 0 Å². The third-order valence-corrected chi connectivity index (χ3v) is 5.14. The second kappa shape index (κ2) is 7.76. The van der Waals surface area contributed by atoms with Gasteiger partial charge in [-0.25, -0.2) is 9.66 Å². The van der Waals surface area contributed by atoms with Crippen molar-refractivity contribution >= 4 is 38.9 Å². The van der Waals surface area contributed by atoms with E-state index in [0.29, 0.717) is 10.5 Å². The van der Waals surface area contributed by atoms with Crippen LogP contribution in [0.1, 0.15) is 24.6 Å². The fourth-order valence-corrected chi connectivity index (χ4v) is 3.87. The summed E-state index contributed by atoms with van der Waals surface area (Å²) in [5.74, 6) is 0. The summed E-state index contributed by atoms with van der Waals surface area (Å²) in [5.41, 5.74) is 4.73. The van der Waals surface area contributed by atoms with Crippen molar-refractivity contribution in [3.8, 4) is 11.1 Å². The number of thiophene rings is 1. The van der Waals surface area contributed by atoms with E-state index in [4.69, 9.17) is 12.2 Å². The summed E-state index contributed by atoms with van der Waals surface area (Å²) >= 11 is 6.79. The van der Waals surface area contributed by atoms with Crippen LogP contribution in [0.3, 0.4) is 0 Å². The number of thiocarbonyl (C=S) groups is 1. The number of nitrogens with zero attached hydrogens (tertiary/aromatic N) is 2. The van der Waals surface area contributed by atoms with Crippen molar-refractivity contribution in [2.24, 2.45) is 0 Å². The van der Waals surface area contributed by atoms with Gasteiger partial charge in [-0.2, -0.15) is 0 Å². The molecule has 7 heteroatoms. The topological polar surface area (TPSA) is 58.9 Å². The first kappa shape index (κ1) is 17.6. The van der Waals surface area contributed by atoms with E-state index >= 15 is 0 Å². The number of fused-ring (bicyclic) bond motifs is 1. The van der Waals surface area contributed by atoms with Crippen molar-refractivity contribution in [2.75, 3.05) is 12.0 Å². The molecule has 0 aliphatic heterocycles. The van der Waals surface area contributed by atoms with E-state index in [1.807, 2.05) is 37.3 Å². The number of hydrogen-bond donors (Lipinski definition) is 2. The van der Waals surface area contributed by atoms with E-state index < -0.39 is 0 Å². The summed E-state index contributed by atoms with van der Waals surface area (Å²) in [6.07, 6.45) is 3.59. The molecule has 0 bridgehead atoms. The molecule has 0 atom stereocenters. The average molecular weight is 373 g/mol. The predicted molar refractivity (Wildman–Crippen MR) is 109 cm³/mol. The Hall–Kier alpha value is -2.25. The molecule has 0 unspecified atom stereocenters. The molecule has 0 aliphatic rings. The fourth-order valence-electron chi connectivity index (χ4n) is 2.66. The van der Waals surface area contributed by atoms with Gasteiger partial charge in [-0.1, -0.05) is 43.7 Å². The summed E-state index contributed by atoms with van der Waals surface area (Å²) < 4.78 is 1.35. The molecule has 0 aliphatic carbocycles. The predicted octanol–water partition coefficient (Wildman–Crippen LogP) is 3.65. The average Bonchev–Trinajstić information content (AvgIpc) is 2.95. The molecule has 5 nitrogen and oxygen atoms in total. The Bertz CT molecular complexity index is 947. The molecule has 1 aromatic carbocycles. The van der Waals surface area contributed by atoms with Gasteiger partial charge in [-0.15, -0.1) is 11.3 Å². The number of benzene rings is 1. The Morgan fingerprint density at radius 2 is 2.08 bits per heavy atom. The van der Waals surface area contributed by atoms with Crippen LogP contribution in [0.25, 0.3) is 21.3 Å². The number of nitrogens with one attached hydrogen (secondary N) is 2. The maximum Gasteiger partial charge on any atom is 0.281 e. The van der Waals surface area contributed by atoms with Gasteiger partial charge in [0.1, 0.15) is 11.2 Å². The van der Waals surface area contributed by atoms with Crippen LogP contribution in [0, 0.1) is 6.92 Å². The first-order valence-corrected chi connectivity index (χ1v) is 9.45. The van der Waals surface area contributed by atoms with Gasteiger partial charge in [0.25, 0.3) is 5.56 Å². The number of hydrogen-bond acceptors (Lipinski definition) is 4. The Labute approximate surface area is 155 Å². The van der Waals surface area contributed by atoms with Crippen LogP contribution < -0.4 is 16.3 Å². The molecule has 0 spiro atoms. The van der Waals surface area contributed by atoms with Crippen LogP contribution in [0.15, 0.2) is 41.5 Å². The highest BCUT2D eigenvalue weighted by molar-refractivity contribution is 7.80. The van der Waals surface area contributed by atoms with Gasteiger partial charge in [0, 0.05) is 17.0 Å².